The summed E-state index contributed by atoms with van der Waals surface area (Å²) in [4.78, 5) is 18.9. The molecule has 2 rings (SSSR count). The monoisotopic (exact) mass is 266 g/mol. The van der Waals surface area contributed by atoms with Crippen LogP contribution in [0.1, 0.15) is 18.9 Å². The van der Waals surface area contributed by atoms with Crippen molar-refractivity contribution in [1.82, 2.24) is 4.90 Å². The van der Waals surface area contributed by atoms with Crippen LogP contribution in [0.3, 0.4) is 0 Å². The number of rotatable bonds is 2. The highest BCUT2D eigenvalue weighted by atomic mass is 35.5. The Morgan fingerprint density at radius 3 is 2.72 bits per heavy atom. The lowest BCUT2D eigenvalue weighted by Gasteiger charge is -2.23. The quantitative estimate of drug-likeness (QED) is 0.824. The van der Waals surface area contributed by atoms with E-state index in [-0.39, 0.29) is 5.91 Å². The predicted molar refractivity (Wildman–Crippen MR) is 70.8 cm³/mol. The highest BCUT2D eigenvalue weighted by Gasteiger charge is 2.43. The van der Waals surface area contributed by atoms with Crippen molar-refractivity contribution in [3.8, 4) is 0 Å². The molecule has 4 nitrogen and oxygen atoms in total. The van der Waals surface area contributed by atoms with Gasteiger partial charge in [0.05, 0.1) is 5.71 Å². The van der Waals surface area contributed by atoms with Gasteiger partial charge in [-0.3, -0.25) is 4.79 Å². The number of oxime groups is 1. The van der Waals surface area contributed by atoms with Crippen molar-refractivity contribution in [1.29, 1.82) is 0 Å². The van der Waals surface area contributed by atoms with Gasteiger partial charge in [0.1, 0.15) is 0 Å². The van der Waals surface area contributed by atoms with Crippen LogP contribution in [0.5, 0.6) is 0 Å². The average Bonchev–Trinajstić information content (AvgIpc) is 2.72. The third-order valence-electron chi connectivity index (χ3n) is 2.91. The summed E-state index contributed by atoms with van der Waals surface area (Å²) in [5.41, 5.74) is 0.589. The molecule has 0 bridgehead atoms. The molecule has 1 aliphatic rings. The second-order valence-corrected chi connectivity index (χ2v) is 5.12. The second-order valence-electron chi connectivity index (χ2n) is 4.72. The average molecular weight is 267 g/mol. The van der Waals surface area contributed by atoms with Crippen LogP contribution in [0.2, 0.25) is 5.02 Å². The molecule has 1 aliphatic heterocycles. The summed E-state index contributed by atoms with van der Waals surface area (Å²) >= 11 is 6.11. The van der Waals surface area contributed by atoms with Gasteiger partial charge in [0.15, 0.2) is 0 Å². The molecule has 0 fully saturated rings. The lowest BCUT2D eigenvalue weighted by molar-refractivity contribution is -0.150. The Kier molecular flexibility index (Phi) is 3.30. The van der Waals surface area contributed by atoms with E-state index >= 15 is 0 Å². The van der Waals surface area contributed by atoms with Gasteiger partial charge in [-0.1, -0.05) is 35.0 Å². The number of likely N-dealkylation sites (N-methyl/N-ethyl adjacent to an activating group) is 1. The smallest absolute Gasteiger partial charge is 0.269 e. The van der Waals surface area contributed by atoms with E-state index in [9.17, 15) is 4.79 Å². The Morgan fingerprint density at radius 2 is 2.11 bits per heavy atom. The van der Waals surface area contributed by atoms with Crippen molar-refractivity contribution < 1.29 is 9.63 Å². The second kappa shape index (κ2) is 4.61. The molecular formula is C13H15ClN2O2. The van der Waals surface area contributed by atoms with Crippen LogP contribution in [0.4, 0.5) is 0 Å². The number of halogens is 1. The molecular weight excluding hydrogens is 252 g/mol. The standard InChI is InChI=1S/C13H15ClN2O2/c1-13(12(17)16(2)3)8-11(15-18-13)9-6-4-5-7-10(9)14/h4-7H,8H2,1-3H3/t13-/m0/s1. The molecule has 1 aromatic carbocycles. The zero-order valence-corrected chi connectivity index (χ0v) is 11.4. The van der Waals surface area contributed by atoms with Crippen LogP contribution in [0, 0.1) is 0 Å². The van der Waals surface area contributed by atoms with Crippen molar-refractivity contribution in [3.05, 3.63) is 34.9 Å². The first-order chi connectivity index (χ1) is 8.44. The van der Waals surface area contributed by atoms with Crippen molar-refractivity contribution in [2.45, 2.75) is 18.9 Å². The van der Waals surface area contributed by atoms with E-state index in [1.165, 1.54) is 4.90 Å². The summed E-state index contributed by atoms with van der Waals surface area (Å²) < 4.78 is 0. The highest BCUT2D eigenvalue weighted by Crippen LogP contribution is 2.30. The Hall–Kier alpha value is -1.55. The molecule has 0 saturated carbocycles. The minimum Gasteiger partial charge on any atom is -0.379 e. The molecule has 0 radical (unpaired) electrons. The molecule has 96 valence electrons. The third kappa shape index (κ3) is 2.20. The summed E-state index contributed by atoms with van der Waals surface area (Å²) in [5.74, 6) is -0.103. The van der Waals surface area contributed by atoms with Gasteiger partial charge in [-0.25, -0.2) is 0 Å². The molecule has 0 unspecified atom stereocenters. The van der Waals surface area contributed by atoms with Crippen LogP contribution < -0.4 is 0 Å². The molecule has 1 amide bonds. The van der Waals surface area contributed by atoms with Crippen LogP contribution >= 0.6 is 11.6 Å². The summed E-state index contributed by atoms with van der Waals surface area (Å²) in [6.07, 6.45) is 0.424. The van der Waals surface area contributed by atoms with E-state index in [4.69, 9.17) is 16.4 Å². The molecule has 1 heterocycles. The van der Waals surface area contributed by atoms with E-state index in [0.29, 0.717) is 17.2 Å². The Balaban J connectivity index is 2.23. The van der Waals surface area contributed by atoms with E-state index in [0.717, 1.165) is 5.56 Å². The molecule has 0 aromatic heterocycles. The number of benzene rings is 1. The maximum atomic E-state index is 12.0. The molecule has 5 heteroatoms. The summed E-state index contributed by atoms with van der Waals surface area (Å²) in [6, 6.07) is 7.40. The fourth-order valence-electron chi connectivity index (χ4n) is 1.97. The first-order valence-electron chi connectivity index (χ1n) is 5.66. The number of hydrogen-bond donors (Lipinski definition) is 0. The van der Waals surface area contributed by atoms with Gasteiger partial charge in [0, 0.05) is 31.1 Å². The van der Waals surface area contributed by atoms with E-state index < -0.39 is 5.60 Å². The lowest BCUT2D eigenvalue weighted by atomic mass is 9.95. The number of hydrogen-bond acceptors (Lipinski definition) is 3. The molecule has 0 aliphatic carbocycles. The Bertz CT molecular complexity index is 513. The van der Waals surface area contributed by atoms with Crippen molar-refractivity contribution in [2.24, 2.45) is 5.16 Å². The van der Waals surface area contributed by atoms with Crippen molar-refractivity contribution in [3.63, 3.8) is 0 Å². The Labute approximate surface area is 111 Å². The van der Waals surface area contributed by atoms with Gasteiger partial charge in [0.25, 0.3) is 5.91 Å². The zero-order valence-electron chi connectivity index (χ0n) is 10.6. The first-order valence-corrected chi connectivity index (χ1v) is 6.03. The van der Waals surface area contributed by atoms with Gasteiger partial charge in [-0.2, -0.15) is 0 Å². The molecule has 18 heavy (non-hydrogen) atoms. The van der Waals surface area contributed by atoms with Crippen LogP contribution in [-0.4, -0.2) is 36.2 Å². The van der Waals surface area contributed by atoms with Gasteiger partial charge in [-0.15, -0.1) is 0 Å². The fraction of sp³-hybridized carbons (Fsp3) is 0.385. The summed E-state index contributed by atoms with van der Waals surface area (Å²) in [5, 5.41) is 4.62. The molecule has 1 aromatic rings. The number of carbonyl (C=O) groups excluding carboxylic acids is 1. The SMILES string of the molecule is CN(C)C(=O)[C@]1(C)CC(c2ccccc2Cl)=NO1. The molecule has 0 spiro atoms. The summed E-state index contributed by atoms with van der Waals surface area (Å²) in [6.45, 7) is 1.74. The van der Waals surface area contributed by atoms with E-state index in [1.807, 2.05) is 18.2 Å². The van der Waals surface area contributed by atoms with Crippen molar-refractivity contribution in [2.75, 3.05) is 14.1 Å². The van der Waals surface area contributed by atoms with Gasteiger partial charge in [0.2, 0.25) is 5.60 Å². The maximum absolute atomic E-state index is 12.0. The van der Waals surface area contributed by atoms with Crippen LogP contribution in [0.15, 0.2) is 29.4 Å². The zero-order chi connectivity index (χ0) is 13.3. The van der Waals surface area contributed by atoms with Gasteiger partial charge < -0.3 is 9.74 Å². The topological polar surface area (TPSA) is 41.9 Å². The van der Waals surface area contributed by atoms with Crippen LogP contribution in [0.25, 0.3) is 0 Å². The normalized spacial score (nSPS) is 22.3. The van der Waals surface area contributed by atoms with Crippen LogP contribution in [-0.2, 0) is 9.63 Å². The largest absolute Gasteiger partial charge is 0.379 e. The minimum absolute atomic E-state index is 0.103. The number of nitrogens with zero attached hydrogens (tertiary/aromatic N) is 2. The van der Waals surface area contributed by atoms with Gasteiger partial charge >= 0.3 is 0 Å². The minimum atomic E-state index is -0.933. The lowest BCUT2D eigenvalue weighted by Crippen LogP contribution is -2.44. The molecule has 1 atom stereocenters. The molecule has 0 N–H and O–H groups in total. The maximum Gasteiger partial charge on any atom is 0.269 e. The fourth-order valence-corrected chi connectivity index (χ4v) is 2.21. The summed E-state index contributed by atoms with van der Waals surface area (Å²) in [7, 11) is 3.40. The van der Waals surface area contributed by atoms with E-state index in [2.05, 4.69) is 5.16 Å². The molecule has 0 saturated heterocycles. The first kappa shape index (κ1) is 12.9. The Morgan fingerprint density at radius 1 is 1.44 bits per heavy atom. The van der Waals surface area contributed by atoms with Crippen molar-refractivity contribution >= 4 is 23.2 Å². The predicted octanol–water partition coefficient (Wildman–Crippen LogP) is 2.31. The number of carbonyl (C=O) groups is 1. The third-order valence-corrected chi connectivity index (χ3v) is 3.24. The number of amides is 1. The highest BCUT2D eigenvalue weighted by molar-refractivity contribution is 6.34. The van der Waals surface area contributed by atoms with Gasteiger partial charge in [-0.05, 0) is 13.0 Å². The van der Waals surface area contributed by atoms with E-state index in [1.54, 1.807) is 27.1 Å².